The van der Waals surface area contributed by atoms with Crippen molar-refractivity contribution in [3.8, 4) is 0 Å². The van der Waals surface area contributed by atoms with Gasteiger partial charge in [0, 0.05) is 19.5 Å². The van der Waals surface area contributed by atoms with Crippen LogP contribution in [0.25, 0.3) is 0 Å². The minimum absolute atomic E-state index is 0.0262. The van der Waals surface area contributed by atoms with E-state index < -0.39 is 5.97 Å². The van der Waals surface area contributed by atoms with Crippen LogP contribution in [0, 0.1) is 5.92 Å². The van der Waals surface area contributed by atoms with Crippen LogP contribution in [0.4, 0.5) is 10.5 Å². The van der Waals surface area contributed by atoms with Crippen molar-refractivity contribution in [2.45, 2.75) is 19.3 Å². The Labute approximate surface area is 122 Å². The number of rotatable bonds is 3. The number of hydrogen-bond acceptors (Lipinski definition) is 2. The quantitative estimate of drug-likeness (QED) is 0.900. The second kappa shape index (κ2) is 6.61. The van der Waals surface area contributed by atoms with Crippen LogP contribution in [0.2, 0.25) is 5.02 Å². The third-order valence-corrected chi connectivity index (χ3v) is 3.71. The maximum absolute atomic E-state index is 12.2. The largest absolute Gasteiger partial charge is 0.481 e. The van der Waals surface area contributed by atoms with Crippen LogP contribution < -0.4 is 5.32 Å². The van der Waals surface area contributed by atoms with Crippen LogP contribution in [-0.4, -0.2) is 35.1 Å². The molecule has 1 atom stereocenters. The Morgan fingerprint density at radius 3 is 2.85 bits per heavy atom. The van der Waals surface area contributed by atoms with Gasteiger partial charge >= 0.3 is 12.0 Å². The van der Waals surface area contributed by atoms with Gasteiger partial charge in [0.2, 0.25) is 0 Å². The van der Waals surface area contributed by atoms with E-state index in [2.05, 4.69) is 5.32 Å². The Bertz CT molecular complexity index is 507. The highest BCUT2D eigenvalue weighted by molar-refractivity contribution is 6.33. The number of para-hydroxylation sites is 1. The number of piperidine rings is 1. The first-order valence-electron chi connectivity index (χ1n) is 6.58. The lowest BCUT2D eigenvalue weighted by Crippen LogP contribution is -2.42. The van der Waals surface area contributed by atoms with Crippen LogP contribution >= 0.6 is 11.6 Å². The Morgan fingerprint density at radius 1 is 1.40 bits per heavy atom. The summed E-state index contributed by atoms with van der Waals surface area (Å²) in [5.41, 5.74) is 0.569. The molecule has 0 bridgehead atoms. The van der Waals surface area contributed by atoms with E-state index >= 15 is 0 Å². The lowest BCUT2D eigenvalue weighted by atomic mass is 9.95. The second-order valence-corrected chi connectivity index (χ2v) is 5.37. The molecule has 2 rings (SSSR count). The molecule has 2 amide bonds. The SMILES string of the molecule is O=C(O)CC1CCCN(C(=O)Nc2ccccc2Cl)C1. The Hall–Kier alpha value is -1.75. The van der Waals surface area contributed by atoms with Crippen molar-refractivity contribution in [2.24, 2.45) is 5.92 Å². The number of likely N-dealkylation sites (tertiary alicyclic amines) is 1. The Balaban J connectivity index is 1.95. The Kier molecular flexibility index (Phi) is 4.84. The van der Waals surface area contributed by atoms with E-state index in [9.17, 15) is 9.59 Å². The van der Waals surface area contributed by atoms with E-state index in [0.29, 0.717) is 23.8 Å². The van der Waals surface area contributed by atoms with Gasteiger partial charge in [0.25, 0.3) is 0 Å². The fraction of sp³-hybridized carbons (Fsp3) is 0.429. The number of anilines is 1. The van der Waals surface area contributed by atoms with Crippen molar-refractivity contribution in [1.82, 2.24) is 4.90 Å². The molecule has 0 spiro atoms. The number of carboxylic acids is 1. The van der Waals surface area contributed by atoms with E-state index in [1.165, 1.54) is 0 Å². The number of hydrogen-bond donors (Lipinski definition) is 2. The highest BCUT2D eigenvalue weighted by atomic mass is 35.5. The summed E-state index contributed by atoms with van der Waals surface area (Å²) in [6.45, 7) is 1.12. The van der Waals surface area contributed by atoms with Crippen LogP contribution in [0.15, 0.2) is 24.3 Å². The zero-order valence-corrected chi connectivity index (χ0v) is 11.8. The number of halogens is 1. The average molecular weight is 297 g/mol. The summed E-state index contributed by atoms with van der Waals surface area (Å²) >= 11 is 5.99. The van der Waals surface area contributed by atoms with Gasteiger partial charge in [-0.3, -0.25) is 4.79 Å². The summed E-state index contributed by atoms with van der Waals surface area (Å²) in [6, 6.07) is 6.81. The zero-order chi connectivity index (χ0) is 14.5. The van der Waals surface area contributed by atoms with Crippen molar-refractivity contribution < 1.29 is 14.7 Å². The molecule has 1 aromatic carbocycles. The van der Waals surface area contributed by atoms with Gasteiger partial charge in [-0.1, -0.05) is 23.7 Å². The lowest BCUT2D eigenvalue weighted by molar-refractivity contribution is -0.138. The van der Waals surface area contributed by atoms with Crippen molar-refractivity contribution in [2.75, 3.05) is 18.4 Å². The summed E-state index contributed by atoms with van der Waals surface area (Å²) in [7, 11) is 0. The molecular weight excluding hydrogens is 280 g/mol. The van der Waals surface area contributed by atoms with E-state index in [1.807, 2.05) is 0 Å². The number of carbonyl (C=O) groups is 2. The summed E-state index contributed by atoms with van der Waals surface area (Å²) in [5.74, 6) is -0.790. The van der Waals surface area contributed by atoms with E-state index in [0.717, 1.165) is 12.8 Å². The van der Waals surface area contributed by atoms with Crippen molar-refractivity contribution in [3.63, 3.8) is 0 Å². The monoisotopic (exact) mass is 296 g/mol. The lowest BCUT2D eigenvalue weighted by Gasteiger charge is -2.32. The normalized spacial score (nSPS) is 18.6. The van der Waals surface area contributed by atoms with Crippen molar-refractivity contribution in [1.29, 1.82) is 0 Å². The van der Waals surface area contributed by atoms with Crippen LogP contribution in [0.5, 0.6) is 0 Å². The Morgan fingerprint density at radius 2 is 2.15 bits per heavy atom. The van der Waals surface area contributed by atoms with Gasteiger partial charge in [0.05, 0.1) is 10.7 Å². The first-order valence-corrected chi connectivity index (χ1v) is 6.96. The highest BCUT2D eigenvalue weighted by Gasteiger charge is 2.25. The molecule has 20 heavy (non-hydrogen) atoms. The number of nitrogens with zero attached hydrogens (tertiary/aromatic N) is 1. The van der Waals surface area contributed by atoms with E-state index in [1.54, 1.807) is 29.2 Å². The number of benzene rings is 1. The summed E-state index contributed by atoms with van der Waals surface area (Å²) in [6.07, 6.45) is 1.78. The van der Waals surface area contributed by atoms with E-state index in [4.69, 9.17) is 16.7 Å². The van der Waals surface area contributed by atoms with E-state index in [-0.39, 0.29) is 18.4 Å². The number of carbonyl (C=O) groups excluding carboxylic acids is 1. The maximum atomic E-state index is 12.2. The van der Waals surface area contributed by atoms with Gasteiger partial charge in [-0.25, -0.2) is 4.79 Å². The molecule has 1 fully saturated rings. The first-order chi connectivity index (χ1) is 9.56. The molecule has 1 aromatic rings. The van der Waals surface area contributed by atoms with Gasteiger partial charge in [0.15, 0.2) is 0 Å². The smallest absolute Gasteiger partial charge is 0.321 e. The van der Waals surface area contributed by atoms with Crippen LogP contribution in [0.1, 0.15) is 19.3 Å². The number of carboxylic acid groups (broad SMARTS) is 1. The molecule has 1 unspecified atom stereocenters. The molecule has 0 aliphatic carbocycles. The molecule has 5 nitrogen and oxygen atoms in total. The van der Waals surface area contributed by atoms with Crippen molar-refractivity contribution >= 4 is 29.3 Å². The van der Waals surface area contributed by atoms with Crippen LogP contribution in [0.3, 0.4) is 0 Å². The molecule has 6 heteroatoms. The first kappa shape index (κ1) is 14.7. The number of amides is 2. The molecule has 0 saturated carbocycles. The third-order valence-electron chi connectivity index (χ3n) is 3.38. The fourth-order valence-electron chi connectivity index (χ4n) is 2.42. The summed E-state index contributed by atoms with van der Waals surface area (Å²) in [4.78, 5) is 24.6. The second-order valence-electron chi connectivity index (χ2n) is 4.96. The number of nitrogens with one attached hydrogen (secondary N) is 1. The molecule has 0 radical (unpaired) electrons. The molecular formula is C14H17ClN2O3. The summed E-state index contributed by atoms with van der Waals surface area (Å²) < 4.78 is 0. The molecule has 1 aliphatic rings. The summed E-state index contributed by atoms with van der Waals surface area (Å²) in [5, 5.41) is 12.1. The van der Waals surface area contributed by atoms with Crippen molar-refractivity contribution in [3.05, 3.63) is 29.3 Å². The highest BCUT2D eigenvalue weighted by Crippen LogP contribution is 2.23. The predicted octanol–water partition coefficient (Wildman–Crippen LogP) is 3.06. The standard InChI is InChI=1S/C14H17ClN2O3/c15-11-5-1-2-6-12(11)16-14(20)17-7-3-4-10(9-17)8-13(18)19/h1-2,5-6,10H,3-4,7-9H2,(H,16,20)(H,18,19). The number of urea groups is 1. The predicted molar refractivity (Wildman–Crippen MR) is 77.0 cm³/mol. The fourth-order valence-corrected chi connectivity index (χ4v) is 2.60. The maximum Gasteiger partial charge on any atom is 0.321 e. The molecule has 1 saturated heterocycles. The van der Waals surface area contributed by atoms with Gasteiger partial charge in [-0.05, 0) is 30.9 Å². The van der Waals surface area contributed by atoms with Gasteiger partial charge in [-0.2, -0.15) is 0 Å². The van der Waals surface area contributed by atoms with Gasteiger partial charge in [0.1, 0.15) is 0 Å². The molecule has 0 aromatic heterocycles. The third kappa shape index (κ3) is 3.87. The molecule has 2 N–H and O–H groups in total. The van der Waals surface area contributed by atoms with Crippen LogP contribution in [-0.2, 0) is 4.79 Å². The molecule has 1 heterocycles. The van der Waals surface area contributed by atoms with Gasteiger partial charge < -0.3 is 15.3 Å². The minimum Gasteiger partial charge on any atom is -0.481 e. The minimum atomic E-state index is -0.816. The average Bonchev–Trinajstić information content (AvgIpc) is 2.41. The molecule has 1 aliphatic heterocycles. The number of aliphatic carboxylic acids is 1. The topological polar surface area (TPSA) is 69.6 Å². The molecule has 108 valence electrons. The van der Waals surface area contributed by atoms with Gasteiger partial charge in [-0.15, -0.1) is 0 Å². The zero-order valence-electron chi connectivity index (χ0n) is 11.0.